The van der Waals surface area contributed by atoms with Crippen LogP contribution in [0.4, 0.5) is 0 Å². The fraction of sp³-hybridized carbons (Fsp3) is 0.192. The summed E-state index contributed by atoms with van der Waals surface area (Å²) in [5.74, 6) is -1.60. The van der Waals surface area contributed by atoms with E-state index in [4.69, 9.17) is 0 Å². The van der Waals surface area contributed by atoms with Crippen molar-refractivity contribution in [3.05, 3.63) is 93.6 Å². The Labute approximate surface area is 180 Å². The summed E-state index contributed by atoms with van der Waals surface area (Å²) in [6.45, 7) is 5.35. The molecule has 2 aliphatic carbocycles. The van der Waals surface area contributed by atoms with Gasteiger partial charge in [-0.05, 0) is 58.0 Å². The number of carboxylic acid groups (broad SMARTS) is 1. The molecule has 0 saturated carbocycles. The second kappa shape index (κ2) is 7.20. The predicted molar refractivity (Wildman–Crippen MR) is 115 cm³/mol. The maximum atomic E-state index is 12.7. The van der Waals surface area contributed by atoms with Crippen LogP contribution in [-0.2, 0) is 11.2 Å². The second-order valence-corrected chi connectivity index (χ2v) is 8.83. The molecular formula is C26H21O5-. The minimum absolute atomic E-state index is 0.00120. The molecule has 0 heterocycles. The predicted octanol–water partition coefficient (Wildman–Crippen LogP) is 4.11. The highest BCUT2D eigenvalue weighted by atomic mass is 16.4. The van der Waals surface area contributed by atoms with Gasteiger partial charge in [0.05, 0.1) is 5.56 Å². The van der Waals surface area contributed by atoms with Crippen LogP contribution < -0.4 is 5.11 Å². The van der Waals surface area contributed by atoms with E-state index >= 15 is 0 Å². The zero-order valence-electron chi connectivity index (χ0n) is 17.5. The summed E-state index contributed by atoms with van der Waals surface area (Å²) in [7, 11) is 0. The van der Waals surface area contributed by atoms with Crippen LogP contribution in [-0.4, -0.2) is 22.6 Å². The first-order chi connectivity index (χ1) is 14.6. The maximum Gasteiger partial charge on any atom is 0.336 e. The van der Waals surface area contributed by atoms with E-state index in [1.807, 2.05) is 0 Å². The van der Waals surface area contributed by atoms with Gasteiger partial charge in [0, 0.05) is 11.0 Å². The van der Waals surface area contributed by atoms with Crippen LogP contribution in [0, 0.1) is 5.41 Å². The third-order valence-electron chi connectivity index (χ3n) is 5.54. The van der Waals surface area contributed by atoms with Gasteiger partial charge >= 0.3 is 5.97 Å². The lowest BCUT2D eigenvalue weighted by atomic mass is 9.76. The molecular weight excluding hydrogens is 392 g/mol. The van der Waals surface area contributed by atoms with Crippen LogP contribution in [0.25, 0.3) is 5.57 Å². The highest BCUT2D eigenvalue weighted by Crippen LogP contribution is 2.42. The van der Waals surface area contributed by atoms with Gasteiger partial charge in [-0.15, -0.1) is 5.75 Å². The number of carbonyl (C=O) groups excluding carboxylic acids is 2. The molecule has 156 valence electrons. The van der Waals surface area contributed by atoms with E-state index in [0.717, 1.165) is 22.3 Å². The molecule has 0 atom stereocenters. The van der Waals surface area contributed by atoms with Crippen molar-refractivity contribution in [2.75, 3.05) is 0 Å². The number of hydrogen-bond donors (Lipinski definition) is 1. The first kappa shape index (κ1) is 20.5. The van der Waals surface area contributed by atoms with Crippen molar-refractivity contribution in [1.82, 2.24) is 0 Å². The highest BCUT2D eigenvalue weighted by molar-refractivity contribution is 6.08. The highest BCUT2D eigenvalue weighted by Gasteiger charge is 2.29. The Balaban J connectivity index is 2.00. The SMILES string of the molecule is CC(C)(C)C(=O)c1ccc(C2=C3C=CC(=O)C=C3Cc3cc([O-])ccc32)c(C(=O)O)c1. The van der Waals surface area contributed by atoms with Crippen molar-refractivity contribution in [2.24, 2.45) is 5.41 Å². The molecule has 0 amide bonds. The molecule has 0 fully saturated rings. The van der Waals surface area contributed by atoms with E-state index in [-0.39, 0.29) is 22.9 Å². The fourth-order valence-electron chi connectivity index (χ4n) is 4.07. The summed E-state index contributed by atoms with van der Waals surface area (Å²) in [5.41, 5.74) is 3.76. The van der Waals surface area contributed by atoms with Crippen molar-refractivity contribution in [3.8, 4) is 5.75 Å². The minimum atomic E-state index is -1.15. The molecule has 0 aliphatic heterocycles. The molecule has 0 unspecified atom stereocenters. The number of ketones is 2. The molecule has 0 radical (unpaired) electrons. The van der Waals surface area contributed by atoms with Gasteiger partial charge < -0.3 is 10.2 Å². The first-order valence-corrected chi connectivity index (χ1v) is 9.96. The second-order valence-electron chi connectivity index (χ2n) is 8.83. The monoisotopic (exact) mass is 413 g/mol. The van der Waals surface area contributed by atoms with Crippen LogP contribution >= 0.6 is 0 Å². The van der Waals surface area contributed by atoms with Gasteiger partial charge in [0.15, 0.2) is 11.6 Å². The van der Waals surface area contributed by atoms with Gasteiger partial charge in [-0.1, -0.05) is 57.2 Å². The molecule has 5 heteroatoms. The number of aromatic carboxylic acids is 1. The summed E-state index contributed by atoms with van der Waals surface area (Å²) >= 11 is 0. The zero-order valence-corrected chi connectivity index (χ0v) is 17.5. The number of carbonyl (C=O) groups is 3. The number of hydrogen-bond acceptors (Lipinski definition) is 4. The van der Waals surface area contributed by atoms with Crippen molar-refractivity contribution in [1.29, 1.82) is 0 Å². The fourth-order valence-corrected chi connectivity index (χ4v) is 4.07. The topological polar surface area (TPSA) is 94.5 Å². The Morgan fingerprint density at radius 3 is 2.39 bits per heavy atom. The van der Waals surface area contributed by atoms with Crippen LogP contribution in [0.2, 0.25) is 0 Å². The van der Waals surface area contributed by atoms with Gasteiger partial charge in [0.1, 0.15) is 0 Å². The van der Waals surface area contributed by atoms with Crippen molar-refractivity contribution >= 4 is 23.1 Å². The number of carboxylic acids is 1. The van der Waals surface area contributed by atoms with Gasteiger partial charge in [0.2, 0.25) is 0 Å². The van der Waals surface area contributed by atoms with E-state index in [2.05, 4.69) is 0 Å². The van der Waals surface area contributed by atoms with E-state index in [1.54, 1.807) is 45.0 Å². The molecule has 0 aromatic heterocycles. The smallest absolute Gasteiger partial charge is 0.336 e. The van der Waals surface area contributed by atoms with E-state index < -0.39 is 11.4 Å². The summed E-state index contributed by atoms with van der Waals surface area (Å²) in [5, 5.41) is 21.9. The number of allylic oxidation sites excluding steroid dienone is 5. The quantitative estimate of drug-likeness (QED) is 0.764. The third-order valence-corrected chi connectivity index (χ3v) is 5.54. The largest absolute Gasteiger partial charge is 0.872 e. The molecule has 2 aromatic rings. The van der Waals surface area contributed by atoms with Crippen molar-refractivity contribution in [3.63, 3.8) is 0 Å². The number of rotatable bonds is 3. The summed E-state index contributed by atoms with van der Waals surface area (Å²) in [6, 6.07) is 9.36. The van der Waals surface area contributed by atoms with Crippen LogP contribution in [0.3, 0.4) is 0 Å². The number of fused-ring (bicyclic) bond motifs is 2. The van der Waals surface area contributed by atoms with Gasteiger partial charge in [0.25, 0.3) is 0 Å². The molecule has 0 bridgehead atoms. The number of Topliss-reactive ketones (excluding diaryl/α,β-unsaturated/α-hetero) is 1. The number of benzene rings is 2. The van der Waals surface area contributed by atoms with E-state index in [0.29, 0.717) is 23.1 Å². The van der Waals surface area contributed by atoms with Gasteiger partial charge in [-0.25, -0.2) is 4.79 Å². The normalized spacial score (nSPS) is 15.3. The van der Waals surface area contributed by atoms with Crippen molar-refractivity contribution in [2.45, 2.75) is 27.2 Å². The summed E-state index contributed by atoms with van der Waals surface area (Å²) < 4.78 is 0. The standard InChI is InChI=1S/C26H22O5/c1-26(2,3)24(29)14-4-7-21(22(13-14)25(30)31)23-19-8-5-17(27)11-15(19)10-16-12-18(28)6-9-20(16)23/h4-9,11-13,27H,10H2,1-3H3,(H,30,31)/p-1. The Morgan fingerprint density at radius 2 is 1.71 bits per heavy atom. The van der Waals surface area contributed by atoms with Crippen LogP contribution in [0.1, 0.15) is 58.2 Å². The van der Waals surface area contributed by atoms with Gasteiger partial charge in [-0.3, -0.25) is 9.59 Å². The Hall–Kier alpha value is -3.73. The maximum absolute atomic E-state index is 12.7. The lowest BCUT2D eigenvalue weighted by Crippen LogP contribution is -2.21. The van der Waals surface area contributed by atoms with E-state index in [1.165, 1.54) is 30.4 Å². The molecule has 4 rings (SSSR count). The van der Waals surface area contributed by atoms with Crippen molar-refractivity contribution < 1.29 is 24.6 Å². The average molecular weight is 413 g/mol. The lowest BCUT2D eigenvalue weighted by molar-refractivity contribution is -0.268. The van der Waals surface area contributed by atoms with E-state index in [9.17, 15) is 24.6 Å². The third kappa shape index (κ3) is 3.63. The Kier molecular flexibility index (Phi) is 4.77. The molecule has 2 aliphatic rings. The molecule has 1 N–H and O–H groups in total. The molecule has 31 heavy (non-hydrogen) atoms. The van der Waals surface area contributed by atoms with Crippen LogP contribution in [0.5, 0.6) is 5.75 Å². The lowest BCUT2D eigenvalue weighted by Gasteiger charge is -2.28. The van der Waals surface area contributed by atoms with Crippen LogP contribution in [0.15, 0.2) is 65.8 Å². The summed E-state index contributed by atoms with van der Waals surface area (Å²) in [6.07, 6.45) is 5.08. The molecule has 5 nitrogen and oxygen atoms in total. The van der Waals surface area contributed by atoms with Gasteiger partial charge in [-0.2, -0.15) is 0 Å². The summed E-state index contributed by atoms with van der Waals surface area (Å²) in [4.78, 5) is 36.9. The Morgan fingerprint density at radius 1 is 1.00 bits per heavy atom. The molecule has 2 aromatic carbocycles. The Bertz CT molecular complexity index is 1250. The molecule has 0 spiro atoms. The molecule has 0 saturated heterocycles. The average Bonchev–Trinajstić information content (AvgIpc) is 2.70. The zero-order chi connectivity index (χ0) is 22.5. The first-order valence-electron chi connectivity index (χ1n) is 9.96. The minimum Gasteiger partial charge on any atom is -0.872 e.